The molecule has 1 fully saturated rings. The highest BCUT2D eigenvalue weighted by atomic mass is 16.6. The maximum Gasteiger partial charge on any atom is 0.410 e. The molecule has 0 saturated carbocycles. The summed E-state index contributed by atoms with van der Waals surface area (Å²) < 4.78 is 5.28. The lowest BCUT2D eigenvalue weighted by atomic mass is 10.1. The molecule has 84 valence electrons. The van der Waals surface area contributed by atoms with Gasteiger partial charge >= 0.3 is 6.09 Å². The van der Waals surface area contributed by atoms with Gasteiger partial charge in [0.1, 0.15) is 5.60 Å². The summed E-state index contributed by atoms with van der Waals surface area (Å²) in [6.07, 6.45) is 6.77. The first-order chi connectivity index (χ1) is 6.92. The Bertz CT molecular complexity index is 272. The molecule has 0 aliphatic carbocycles. The van der Waals surface area contributed by atoms with Crippen molar-refractivity contribution >= 4 is 6.09 Å². The highest BCUT2D eigenvalue weighted by molar-refractivity contribution is 5.68. The van der Waals surface area contributed by atoms with Crippen LogP contribution in [0.15, 0.2) is 0 Å². The summed E-state index contributed by atoms with van der Waals surface area (Å²) in [6, 6.07) is 0. The minimum Gasteiger partial charge on any atom is -0.444 e. The van der Waals surface area contributed by atoms with E-state index < -0.39 is 5.60 Å². The lowest BCUT2D eigenvalue weighted by molar-refractivity contribution is 0.0288. The number of carbonyl (C=O) groups is 1. The maximum absolute atomic E-state index is 11.7. The zero-order valence-electron chi connectivity index (χ0n) is 9.75. The van der Waals surface area contributed by atoms with E-state index in [1.807, 2.05) is 20.8 Å². The molecular formula is C12H19NO2. The second-order valence-corrected chi connectivity index (χ2v) is 4.99. The van der Waals surface area contributed by atoms with E-state index in [1.54, 1.807) is 4.90 Å². The van der Waals surface area contributed by atoms with Crippen molar-refractivity contribution in [2.45, 2.75) is 39.2 Å². The van der Waals surface area contributed by atoms with E-state index >= 15 is 0 Å². The highest BCUT2D eigenvalue weighted by Gasteiger charge is 2.28. The molecule has 0 spiro atoms. The third-order valence-electron chi connectivity index (χ3n) is 2.34. The zero-order valence-corrected chi connectivity index (χ0v) is 9.75. The van der Waals surface area contributed by atoms with Gasteiger partial charge in [0, 0.05) is 19.5 Å². The van der Waals surface area contributed by atoms with Crippen LogP contribution in [0.4, 0.5) is 4.79 Å². The molecule has 15 heavy (non-hydrogen) atoms. The van der Waals surface area contributed by atoms with Gasteiger partial charge < -0.3 is 9.64 Å². The average Bonchev–Trinajstić information content (AvgIpc) is 2.50. The van der Waals surface area contributed by atoms with Crippen molar-refractivity contribution in [3.8, 4) is 12.3 Å². The second kappa shape index (κ2) is 4.57. The van der Waals surface area contributed by atoms with Gasteiger partial charge in [0.05, 0.1) is 0 Å². The molecule has 1 rings (SSSR count). The summed E-state index contributed by atoms with van der Waals surface area (Å²) in [5.41, 5.74) is -0.415. The van der Waals surface area contributed by atoms with E-state index in [1.165, 1.54) is 0 Å². The van der Waals surface area contributed by atoms with E-state index in [-0.39, 0.29) is 6.09 Å². The largest absolute Gasteiger partial charge is 0.444 e. The van der Waals surface area contributed by atoms with E-state index in [0.29, 0.717) is 5.92 Å². The maximum atomic E-state index is 11.7. The van der Waals surface area contributed by atoms with Crippen LogP contribution in [0.25, 0.3) is 0 Å². The first-order valence-electron chi connectivity index (χ1n) is 5.34. The van der Waals surface area contributed by atoms with Crippen LogP contribution in [0.2, 0.25) is 0 Å². The van der Waals surface area contributed by atoms with Gasteiger partial charge in [-0.2, -0.15) is 0 Å². The smallest absolute Gasteiger partial charge is 0.410 e. The number of hydrogen-bond acceptors (Lipinski definition) is 2. The van der Waals surface area contributed by atoms with Gasteiger partial charge in [-0.15, -0.1) is 12.3 Å². The molecule has 0 aromatic rings. The molecule has 1 aliphatic heterocycles. The third-order valence-corrected chi connectivity index (χ3v) is 2.34. The fourth-order valence-electron chi connectivity index (χ4n) is 1.66. The normalized spacial score (nSPS) is 21.2. The molecule has 0 aromatic heterocycles. The van der Waals surface area contributed by atoms with Gasteiger partial charge in [-0.1, -0.05) is 0 Å². The average molecular weight is 209 g/mol. The molecule has 3 heteroatoms. The van der Waals surface area contributed by atoms with Gasteiger partial charge in [-0.25, -0.2) is 4.79 Å². The van der Waals surface area contributed by atoms with Crippen LogP contribution in [0, 0.1) is 18.3 Å². The van der Waals surface area contributed by atoms with Gasteiger partial charge in [0.2, 0.25) is 0 Å². The highest BCUT2D eigenvalue weighted by Crippen LogP contribution is 2.21. The lowest BCUT2D eigenvalue weighted by Crippen LogP contribution is -2.35. The number of hydrogen-bond donors (Lipinski definition) is 0. The fourth-order valence-corrected chi connectivity index (χ4v) is 1.66. The molecule has 1 saturated heterocycles. The lowest BCUT2D eigenvalue weighted by Gasteiger charge is -2.24. The molecule has 1 aliphatic rings. The topological polar surface area (TPSA) is 29.5 Å². The van der Waals surface area contributed by atoms with Crippen molar-refractivity contribution in [1.82, 2.24) is 4.90 Å². The first-order valence-corrected chi connectivity index (χ1v) is 5.34. The Hall–Kier alpha value is -1.17. The molecule has 0 bridgehead atoms. The van der Waals surface area contributed by atoms with Crippen molar-refractivity contribution < 1.29 is 9.53 Å². The van der Waals surface area contributed by atoms with Gasteiger partial charge in [-0.05, 0) is 33.1 Å². The second-order valence-electron chi connectivity index (χ2n) is 4.99. The van der Waals surface area contributed by atoms with Crippen molar-refractivity contribution in [1.29, 1.82) is 0 Å². The van der Waals surface area contributed by atoms with Crippen LogP contribution in [-0.2, 0) is 4.74 Å². The number of rotatable bonds is 1. The summed E-state index contributed by atoms with van der Waals surface area (Å²) in [6.45, 7) is 7.13. The molecule has 0 N–H and O–H groups in total. The minimum absolute atomic E-state index is 0.220. The monoisotopic (exact) mass is 209 g/mol. The standard InChI is InChI=1S/C12H19NO2/c1-5-6-10-7-8-13(9-10)11(14)15-12(2,3)4/h1,10H,6-9H2,2-4H3/t10-/m1/s1. The van der Waals surface area contributed by atoms with Crippen LogP contribution in [-0.4, -0.2) is 29.7 Å². The molecule has 3 nitrogen and oxygen atoms in total. The fraction of sp³-hybridized carbons (Fsp3) is 0.750. The summed E-state index contributed by atoms with van der Waals surface area (Å²) in [4.78, 5) is 13.4. The van der Waals surface area contributed by atoms with Crippen LogP contribution in [0.5, 0.6) is 0 Å². The zero-order chi connectivity index (χ0) is 11.5. The molecule has 1 atom stereocenters. The number of nitrogens with zero attached hydrogens (tertiary/aromatic N) is 1. The van der Waals surface area contributed by atoms with Crippen LogP contribution in [0.3, 0.4) is 0 Å². The predicted molar refractivity (Wildman–Crippen MR) is 59.4 cm³/mol. The van der Waals surface area contributed by atoms with Gasteiger partial charge in [-0.3, -0.25) is 0 Å². The molecule has 1 amide bonds. The number of carbonyl (C=O) groups excluding carboxylic acids is 1. The first kappa shape index (κ1) is 11.9. The molecule has 1 heterocycles. The van der Waals surface area contributed by atoms with E-state index in [2.05, 4.69) is 5.92 Å². The number of amides is 1. The van der Waals surface area contributed by atoms with Crippen molar-refractivity contribution in [2.75, 3.05) is 13.1 Å². The Kier molecular flexibility index (Phi) is 3.62. The Labute approximate surface area is 91.8 Å². The summed E-state index contributed by atoms with van der Waals surface area (Å²) in [5.74, 6) is 3.09. The Morgan fingerprint density at radius 1 is 1.60 bits per heavy atom. The van der Waals surface area contributed by atoms with Crippen molar-refractivity contribution in [3.05, 3.63) is 0 Å². The van der Waals surface area contributed by atoms with Gasteiger partial charge in [0.15, 0.2) is 0 Å². The Balaban J connectivity index is 2.41. The molecule has 0 radical (unpaired) electrons. The Morgan fingerprint density at radius 2 is 2.27 bits per heavy atom. The van der Waals surface area contributed by atoms with Crippen molar-refractivity contribution in [2.24, 2.45) is 5.92 Å². The van der Waals surface area contributed by atoms with E-state index in [4.69, 9.17) is 11.2 Å². The third kappa shape index (κ3) is 3.83. The summed E-state index contributed by atoms with van der Waals surface area (Å²) in [7, 11) is 0. The predicted octanol–water partition coefficient (Wildman–Crippen LogP) is 2.27. The van der Waals surface area contributed by atoms with Crippen molar-refractivity contribution in [3.63, 3.8) is 0 Å². The molecule has 0 aromatic carbocycles. The SMILES string of the molecule is C#CC[C@@H]1CCN(C(=O)OC(C)(C)C)C1. The van der Waals surface area contributed by atoms with Crippen LogP contribution in [0.1, 0.15) is 33.6 Å². The molecular weight excluding hydrogens is 190 g/mol. The number of ether oxygens (including phenoxy) is 1. The summed E-state index contributed by atoms with van der Waals surface area (Å²) >= 11 is 0. The summed E-state index contributed by atoms with van der Waals surface area (Å²) in [5, 5.41) is 0. The van der Waals surface area contributed by atoms with Crippen LogP contribution >= 0.6 is 0 Å². The quantitative estimate of drug-likeness (QED) is 0.620. The van der Waals surface area contributed by atoms with E-state index in [9.17, 15) is 4.79 Å². The minimum atomic E-state index is -0.415. The van der Waals surface area contributed by atoms with E-state index in [0.717, 1.165) is 25.9 Å². The number of likely N-dealkylation sites (tertiary alicyclic amines) is 1. The molecule has 0 unspecified atom stereocenters. The van der Waals surface area contributed by atoms with Crippen LogP contribution < -0.4 is 0 Å². The Morgan fingerprint density at radius 3 is 2.80 bits per heavy atom. The van der Waals surface area contributed by atoms with Gasteiger partial charge in [0.25, 0.3) is 0 Å². The number of terminal acetylenes is 1.